The molecule has 2 N–H and O–H groups in total. The molecule has 0 spiro atoms. The van der Waals surface area contributed by atoms with Crippen LogP contribution in [0.1, 0.15) is 11.3 Å². The van der Waals surface area contributed by atoms with Crippen molar-refractivity contribution in [1.82, 2.24) is 14.4 Å². The fourth-order valence-electron chi connectivity index (χ4n) is 2.33. The Bertz CT molecular complexity index is 720. The van der Waals surface area contributed by atoms with Crippen LogP contribution in [-0.4, -0.2) is 28.0 Å². The van der Waals surface area contributed by atoms with Gasteiger partial charge in [0.1, 0.15) is 5.65 Å². The number of fused-ring (bicyclic) bond motifs is 1. The molecule has 0 aliphatic rings. The zero-order chi connectivity index (χ0) is 14.7. The number of hydrogen-bond acceptors (Lipinski definition) is 4. The smallest absolute Gasteiger partial charge is 0.137 e. The minimum Gasteiger partial charge on any atom is -0.373 e. The highest BCUT2D eigenvalue weighted by atomic mass is 15.1. The average Bonchev–Trinajstić information content (AvgIpc) is 2.95. The van der Waals surface area contributed by atoms with Crippen LogP contribution in [0.5, 0.6) is 0 Å². The number of nitrogens with two attached hydrogens (primary N) is 1. The molecular weight excluding hydrogens is 262 g/mol. The molecule has 0 atom stereocenters. The third-order valence-corrected chi connectivity index (χ3v) is 3.62. The predicted molar refractivity (Wildman–Crippen MR) is 84.3 cm³/mol. The second-order valence-corrected chi connectivity index (χ2v) is 5.12. The standard InChI is InChI=1S/C16H19N5/c1-20(9-6-13-4-7-18-8-5-13)15-2-3-16-19-14(10-17)11-21(16)12-15/h2-5,7-8,11-12H,6,9-10,17H2,1H3. The van der Waals surface area contributed by atoms with Gasteiger partial charge in [0.15, 0.2) is 0 Å². The molecule has 0 aliphatic heterocycles. The van der Waals surface area contributed by atoms with Gasteiger partial charge in [0.25, 0.3) is 0 Å². The van der Waals surface area contributed by atoms with E-state index in [2.05, 4.69) is 46.3 Å². The van der Waals surface area contributed by atoms with Crippen molar-refractivity contribution in [3.63, 3.8) is 0 Å². The van der Waals surface area contributed by atoms with E-state index in [0.717, 1.165) is 30.0 Å². The number of rotatable bonds is 5. The number of aromatic nitrogens is 3. The van der Waals surface area contributed by atoms with E-state index >= 15 is 0 Å². The Hall–Kier alpha value is -2.40. The van der Waals surface area contributed by atoms with E-state index in [1.807, 2.05) is 29.1 Å². The van der Waals surface area contributed by atoms with Crippen molar-refractivity contribution in [3.8, 4) is 0 Å². The van der Waals surface area contributed by atoms with Gasteiger partial charge in [-0.1, -0.05) is 0 Å². The summed E-state index contributed by atoms with van der Waals surface area (Å²) in [4.78, 5) is 10.7. The molecule has 108 valence electrons. The summed E-state index contributed by atoms with van der Waals surface area (Å²) in [6.45, 7) is 1.42. The zero-order valence-corrected chi connectivity index (χ0v) is 12.1. The lowest BCUT2D eigenvalue weighted by Gasteiger charge is -2.19. The van der Waals surface area contributed by atoms with Crippen molar-refractivity contribution in [2.75, 3.05) is 18.5 Å². The maximum Gasteiger partial charge on any atom is 0.137 e. The zero-order valence-electron chi connectivity index (χ0n) is 12.1. The minimum absolute atomic E-state index is 0.467. The van der Waals surface area contributed by atoms with Crippen LogP contribution in [0.3, 0.4) is 0 Å². The lowest BCUT2D eigenvalue weighted by molar-refractivity contribution is 0.870. The predicted octanol–water partition coefficient (Wildman–Crippen LogP) is 1.87. The van der Waals surface area contributed by atoms with Gasteiger partial charge in [-0.15, -0.1) is 0 Å². The van der Waals surface area contributed by atoms with Crippen LogP contribution in [0.25, 0.3) is 5.65 Å². The first-order chi connectivity index (χ1) is 10.3. The molecule has 0 radical (unpaired) electrons. The molecular formula is C16H19N5. The molecule has 0 fully saturated rings. The van der Waals surface area contributed by atoms with E-state index in [4.69, 9.17) is 5.73 Å². The van der Waals surface area contributed by atoms with E-state index in [1.165, 1.54) is 5.56 Å². The SMILES string of the molecule is CN(CCc1ccncc1)c1ccc2nc(CN)cn2c1. The summed E-state index contributed by atoms with van der Waals surface area (Å²) in [5.74, 6) is 0. The topological polar surface area (TPSA) is 59.5 Å². The molecule has 0 aromatic carbocycles. The summed E-state index contributed by atoms with van der Waals surface area (Å²) in [5.41, 5.74) is 9.93. The van der Waals surface area contributed by atoms with Crippen LogP contribution < -0.4 is 10.6 Å². The first kappa shape index (κ1) is 13.6. The van der Waals surface area contributed by atoms with Crippen molar-refractivity contribution in [2.24, 2.45) is 5.73 Å². The summed E-state index contributed by atoms with van der Waals surface area (Å²) in [6.07, 6.45) is 8.74. The van der Waals surface area contributed by atoms with E-state index < -0.39 is 0 Å². The number of likely N-dealkylation sites (N-methyl/N-ethyl adjacent to an activating group) is 1. The Labute approximate surface area is 124 Å². The quantitative estimate of drug-likeness (QED) is 0.775. The van der Waals surface area contributed by atoms with E-state index in [1.54, 1.807) is 0 Å². The lowest BCUT2D eigenvalue weighted by Crippen LogP contribution is -2.20. The summed E-state index contributed by atoms with van der Waals surface area (Å²) < 4.78 is 2.03. The Balaban J connectivity index is 1.73. The normalized spacial score (nSPS) is 11.0. The van der Waals surface area contributed by atoms with Crippen molar-refractivity contribution in [1.29, 1.82) is 0 Å². The summed E-state index contributed by atoms with van der Waals surface area (Å²) in [6, 6.07) is 8.23. The molecule has 0 unspecified atom stereocenters. The summed E-state index contributed by atoms with van der Waals surface area (Å²) >= 11 is 0. The van der Waals surface area contributed by atoms with Gasteiger partial charge in [-0.3, -0.25) is 4.98 Å². The highest BCUT2D eigenvalue weighted by Crippen LogP contribution is 2.15. The van der Waals surface area contributed by atoms with Crippen LogP contribution in [0.15, 0.2) is 49.1 Å². The fourth-order valence-corrected chi connectivity index (χ4v) is 2.33. The molecule has 0 aliphatic carbocycles. The molecule has 0 saturated heterocycles. The van der Waals surface area contributed by atoms with Crippen molar-refractivity contribution in [2.45, 2.75) is 13.0 Å². The average molecular weight is 281 g/mol. The minimum atomic E-state index is 0.467. The summed E-state index contributed by atoms with van der Waals surface area (Å²) in [5, 5.41) is 0. The van der Waals surface area contributed by atoms with Gasteiger partial charge in [0.05, 0.1) is 11.4 Å². The molecule has 21 heavy (non-hydrogen) atoms. The molecule has 3 rings (SSSR count). The van der Waals surface area contributed by atoms with E-state index in [0.29, 0.717) is 6.54 Å². The monoisotopic (exact) mass is 281 g/mol. The van der Waals surface area contributed by atoms with Gasteiger partial charge in [-0.25, -0.2) is 4.98 Å². The number of imidazole rings is 1. The molecule has 0 saturated carbocycles. The second-order valence-electron chi connectivity index (χ2n) is 5.12. The van der Waals surface area contributed by atoms with Crippen LogP contribution in [0.4, 0.5) is 5.69 Å². The number of hydrogen-bond donors (Lipinski definition) is 1. The number of nitrogens with zero attached hydrogens (tertiary/aromatic N) is 4. The highest BCUT2D eigenvalue weighted by molar-refractivity contribution is 5.52. The van der Waals surface area contributed by atoms with Gasteiger partial charge in [0.2, 0.25) is 0 Å². The van der Waals surface area contributed by atoms with Crippen molar-refractivity contribution < 1.29 is 0 Å². The molecule has 0 bridgehead atoms. The van der Waals surface area contributed by atoms with Crippen molar-refractivity contribution in [3.05, 3.63) is 60.3 Å². The molecule has 3 aromatic heterocycles. The third kappa shape index (κ3) is 3.03. The number of pyridine rings is 2. The first-order valence-corrected chi connectivity index (χ1v) is 7.04. The molecule has 3 heterocycles. The molecule has 3 aromatic rings. The fraction of sp³-hybridized carbons (Fsp3) is 0.250. The molecule has 5 heteroatoms. The first-order valence-electron chi connectivity index (χ1n) is 7.04. The Morgan fingerprint density at radius 1 is 1.14 bits per heavy atom. The second kappa shape index (κ2) is 5.93. The van der Waals surface area contributed by atoms with Crippen LogP contribution in [-0.2, 0) is 13.0 Å². The van der Waals surface area contributed by atoms with E-state index in [9.17, 15) is 0 Å². The Kier molecular flexibility index (Phi) is 3.83. The van der Waals surface area contributed by atoms with Gasteiger partial charge in [0, 0.05) is 44.9 Å². The maximum atomic E-state index is 5.63. The van der Waals surface area contributed by atoms with E-state index in [-0.39, 0.29) is 0 Å². The molecule has 5 nitrogen and oxygen atoms in total. The largest absolute Gasteiger partial charge is 0.373 e. The van der Waals surface area contributed by atoms with Crippen LogP contribution in [0, 0.1) is 0 Å². The Morgan fingerprint density at radius 2 is 1.95 bits per heavy atom. The highest BCUT2D eigenvalue weighted by Gasteiger charge is 2.05. The van der Waals surface area contributed by atoms with Gasteiger partial charge in [-0.05, 0) is 36.2 Å². The van der Waals surface area contributed by atoms with Crippen LogP contribution >= 0.6 is 0 Å². The third-order valence-electron chi connectivity index (χ3n) is 3.62. The Morgan fingerprint density at radius 3 is 2.71 bits per heavy atom. The maximum absolute atomic E-state index is 5.63. The van der Waals surface area contributed by atoms with Gasteiger partial charge >= 0.3 is 0 Å². The summed E-state index contributed by atoms with van der Waals surface area (Å²) in [7, 11) is 2.10. The van der Waals surface area contributed by atoms with Crippen molar-refractivity contribution >= 4 is 11.3 Å². The molecule has 0 amide bonds. The lowest BCUT2D eigenvalue weighted by atomic mass is 10.2. The van der Waals surface area contributed by atoms with Gasteiger partial charge in [-0.2, -0.15) is 0 Å². The number of anilines is 1. The van der Waals surface area contributed by atoms with Gasteiger partial charge < -0.3 is 15.0 Å². The van der Waals surface area contributed by atoms with Crippen LogP contribution in [0.2, 0.25) is 0 Å².